The molecule has 3 rings (SSSR count). The number of carbonyl (C=O) groups excluding carboxylic acids is 1. The van der Waals surface area contributed by atoms with E-state index < -0.39 is 12.1 Å². The van der Waals surface area contributed by atoms with Crippen LogP contribution in [0, 0.1) is 0 Å². The summed E-state index contributed by atoms with van der Waals surface area (Å²) in [5.74, 6) is 1.73. The van der Waals surface area contributed by atoms with E-state index in [0.717, 1.165) is 16.9 Å². The van der Waals surface area contributed by atoms with Crippen molar-refractivity contribution in [2.24, 2.45) is 0 Å². The molecule has 0 amide bonds. The molecule has 27 heavy (non-hydrogen) atoms. The number of benzene rings is 2. The molecule has 6 nitrogen and oxygen atoms in total. The predicted molar refractivity (Wildman–Crippen MR) is 100.0 cm³/mol. The molecule has 2 aromatic rings. The number of carbonyl (C=O) groups is 1. The quantitative estimate of drug-likeness (QED) is 0.574. The van der Waals surface area contributed by atoms with Gasteiger partial charge in [0.15, 0.2) is 11.5 Å². The maximum Gasteiger partial charge on any atom is 0.336 e. The fourth-order valence-electron chi connectivity index (χ4n) is 3.27. The highest BCUT2D eigenvalue weighted by Gasteiger charge is 2.40. The van der Waals surface area contributed by atoms with Crippen LogP contribution in [0.5, 0.6) is 23.0 Å². The Morgan fingerprint density at radius 2 is 1.59 bits per heavy atom. The zero-order valence-corrected chi connectivity index (χ0v) is 15.8. The summed E-state index contributed by atoms with van der Waals surface area (Å²) in [5.41, 5.74) is 2.08. The van der Waals surface area contributed by atoms with E-state index >= 15 is 0 Å². The standard InChI is InChI=1S/C21H22O6/c1-12(21(22)26-5)20-19(13-6-8-14(23-2)9-7-13)15-10-17(24-3)18(25-4)11-16(15)27-20/h6-11,19-20H,1H2,2-5H3/t19-,20+/m0/s1. The van der Waals surface area contributed by atoms with Gasteiger partial charge in [0.1, 0.15) is 17.6 Å². The zero-order valence-electron chi connectivity index (χ0n) is 15.8. The van der Waals surface area contributed by atoms with Gasteiger partial charge >= 0.3 is 5.97 Å². The molecule has 0 aromatic heterocycles. The number of rotatable bonds is 6. The van der Waals surface area contributed by atoms with Crippen molar-refractivity contribution in [2.45, 2.75) is 12.0 Å². The normalized spacial score (nSPS) is 17.5. The van der Waals surface area contributed by atoms with Crippen LogP contribution in [0.3, 0.4) is 0 Å². The Morgan fingerprint density at radius 3 is 2.15 bits per heavy atom. The Morgan fingerprint density at radius 1 is 0.963 bits per heavy atom. The van der Waals surface area contributed by atoms with Crippen LogP contribution in [0.25, 0.3) is 0 Å². The predicted octanol–water partition coefficient (Wildman–Crippen LogP) is 3.33. The highest BCUT2D eigenvalue weighted by molar-refractivity contribution is 5.89. The van der Waals surface area contributed by atoms with E-state index in [1.807, 2.05) is 30.3 Å². The minimum Gasteiger partial charge on any atom is -0.497 e. The van der Waals surface area contributed by atoms with E-state index in [1.54, 1.807) is 27.4 Å². The highest BCUT2D eigenvalue weighted by Crippen LogP contribution is 2.49. The van der Waals surface area contributed by atoms with Crippen molar-refractivity contribution in [3.8, 4) is 23.0 Å². The molecule has 0 radical (unpaired) electrons. The highest BCUT2D eigenvalue weighted by atomic mass is 16.5. The lowest BCUT2D eigenvalue weighted by Gasteiger charge is -2.20. The van der Waals surface area contributed by atoms with Gasteiger partial charge in [-0.2, -0.15) is 0 Å². The Hall–Kier alpha value is -3.15. The molecule has 0 fully saturated rings. The fraction of sp³-hybridized carbons (Fsp3) is 0.286. The molecule has 6 heteroatoms. The van der Waals surface area contributed by atoms with Gasteiger partial charge in [0.2, 0.25) is 0 Å². The molecule has 142 valence electrons. The third-order valence-electron chi connectivity index (χ3n) is 4.67. The van der Waals surface area contributed by atoms with Crippen LogP contribution in [0.2, 0.25) is 0 Å². The van der Waals surface area contributed by atoms with Gasteiger partial charge in [-0.1, -0.05) is 18.7 Å². The molecular formula is C21H22O6. The third-order valence-corrected chi connectivity index (χ3v) is 4.67. The molecule has 2 aromatic carbocycles. The fourth-order valence-corrected chi connectivity index (χ4v) is 3.27. The van der Waals surface area contributed by atoms with Crippen LogP contribution in [0.4, 0.5) is 0 Å². The molecule has 0 spiro atoms. The number of methoxy groups -OCH3 is 4. The molecule has 0 bridgehead atoms. The minimum absolute atomic E-state index is 0.243. The van der Waals surface area contributed by atoms with Gasteiger partial charge in [-0.05, 0) is 23.8 Å². The molecule has 1 aliphatic heterocycles. The van der Waals surface area contributed by atoms with Gasteiger partial charge in [0, 0.05) is 11.6 Å². The average molecular weight is 370 g/mol. The lowest BCUT2D eigenvalue weighted by Crippen LogP contribution is -2.27. The van der Waals surface area contributed by atoms with Crippen molar-refractivity contribution in [1.82, 2.24) is 0 Å². The Bertz CT molecular complexity index is 856. The minimum atomic E-state index is -0.599. The summed E-state index contributed by atoms with van der Waals surface area (Å²) < 4.78 is 27.0. The summed E-state index contributed by atoms with van der Waals surface area (Å²) in [5, 5.41) is 0. The monoisotopic (exact) mass is 370 g/mol. The van der Waals surface area contributed by atoms with E-state index in [9.17, 15) is 4.79 Å². The van der Waals surface area contributed by atoms with E-state index in [0.29, 0.717) is 17.2 Å². The first kappa shape index (κ1) is 18.6. The van der Waals surface area contributed by atoms with Crippen molar-refractivity contribution in [3.63, 3.8) is 0 Å². The second-order valence-corrected chi connectivity index (χ2v) is 6.05. The first-order valence-electron chi connectivity index (χ1n) is 8.37. The first-order chi connectivity index (χ1) is 13.0. The van der Waals surface area contributed by atoms with Crippen LogP contribution in [0.1, 0.15) is 17.0 Å². The summed E-state index contributed by atoms with van der Waals surface area (Å²) >= 11 is 0. The summed E-state index contributed by atoms with van der Waals surface area (Å²) in [7, 11) is 6.07. The molecule has 0 unspecified atom stereocenters. The van der Waals surface area contributed by atoms with Crippen molar-refractivity contribution in [3.05, 3.63) is 59.7 Å². The number of ether oxygens (including phenoxy) is 5. The van der Waals surface area contributed by atoms with Gasteiger partial charge in [0.25, 0.3) is 0 Å². The maximum atomic E-state index is 12.1. The topological polar surface area (TPSA) is 63.2 Å². The second kappa shape index (κ2) is 7.61. The maximum absolute atomic E-state index is 12.1. The summed E-state index contributed by atoms with van der Waals surface area (Å²) in [6, 6.07) is 11.2. The summed E-state index contributed by atoms with van der Waals surface area (Å²) in [4.78, 5) is 12.1. The van der Waals surface area contributed by atoms with Crippen molar-refractivity contribution in [2.75, 3.05) is 28.4 Å². The van der Waals surface area contributed by atoms with Crippen molar-refractivity contribution < 1.29 is 28.5 Å². The van der Waals surface area contributed by atoms with Crippen LogP contribution >= 0.6 is 0 Å². The Kier molecular flexibility index (Phi) is 5.26. The molecule has 1 heterocycles. The van der Waals surface area contributed by atoms with Gasteiger partial charge < -0.3 is 23.7 Å². The van der Waals surface area contributed by atoms with Crippen LogP contribution in [-0.2, 0) is 9.53 Å². The van der Waals surface area contributed by atoms with Gasteiger partial charge in [-0.25, -0.2) is 4.79 Å². The Labute approximate surface area is 158 Å². The van der Waals surface area contributed by atoms with Gasteiger partial charge in [-0.15, -0.1) is 0 Å². The molecule has 0 N–H and O–H groups in total. The van der Waals surface area contributed by atoms with Crippen molar-refractivity contribution >= 4 is 5.97 Å². The lowest BCUT2D eigenvalue weighted by molar-refractivity contribution is -0.137. The summed E-state index contributed by atoms with van der Waals surface area (Å²) in [6.45, 7) is 3.90. The van der Waals surface area contributed by atoms with Gasteiger partial charge in [-0.3, -0.25) is 0 Å². The molecule has 0 aliphatic carbocycles. The SMILES string of the molecule is C=C(C(=O)OC)[C@H]1Oc2cc(OC)c(OC)cc2[C@@H]1c1ccc(OC)cc1. The number of esters is 1. The first-order valence-corrected chi connectivity index (χ1v) is 8.37. The largest absolute Gasteiger partial charge is 0.497 e. The smallest absolute Gasteiger partial charge is 0.336 e. The average Bonchev–Trinajstić information content (AvgIpc) is 3.09. The second-order valence-electron chi connectivity index (χ2n) is 6.05. The van der Waals surface area contributed by atoms with Gasteiger partial charge in [0.05, 0.1) is 39.9 Å². The molecule has 2 atom stereocenters. The number of hydrogen-bond acceptors (Lipinski definition) is 6. The summed E-state index contributed by atoms with van der Waals surface area (Å²) in [6.07, 6.45) is -0.599. The molecular weight excluding hydrogens is 348 g/mol. The van der Waals surface area contributed by atoms with E-state index in [-0.39, 0.29) is 11.5 Å². The van der Waals surface area contributed by atoms with Crippen LogP contribution in [0.15, 0.2) is 48.6 Å². The van der Waals surface area contributed by atoms with E-state index in [1.165, 1.54) is 7.11 Å². The zero-order chi connectivity index (χ0) is 19.6. The Balaban J connectivity index is 2.11. The lowest BCUT2D eigenvalue weighted by atomic mass is 9.85. The van der Waals surface area contributed by atoms with Crippen molar-refractivity contribution in [1.29, 1.82) is 0 Å². The molecule has 0 saturated carbocycles. The number of fused-ring (bicyclic) bond motifs is 1. The molecule has 0 saturated heterocycles. The van der Waals surface area contributed by atoms with E-state index in [2.05, 4.69) is 6.58 Å². The van der Waals surface area contributed by atoms with E-state index in [4.69, 9.17) is 23.7 Å². The van der Waals surface area contributed by atoms with Crippen LogP contribution < -0.4 is 18.9 Å². The van der Waals surface area contributed by atoms with Crippen LogP contribution in [-0.4, -0.2) is 40.5 Å². The third kappa shape index (κ3) is 3.30. The molecule has 1 aliphatic rings. The number of hydrogen-bond donors (Lipinski definition) is 0.